The number of hydrogen-bond donors (Lipinski definition) is 0. The molecule has 0 radical (unpaired) electrons. The lowest BCUT2D eigenvalue weighted by Gasteiger charge is -2.27. The average Bonchev–Trinajstić information content (AvgIpc) is 3.89. The van der Waals surface area contributed by atoms with Crippen LogP contribution in [0.15, 0.2) is 200 Å². The molecule has 2 aromatic heterocycles. The van der Waals surface area contributed by atoms with Gasteiger partial charge in [0.15, 0.2) is 8.07 Å². The standard InChI is InChI=1S/C54H33NSi/c1-3-17-38-36(15-1)37-16-2-4-18-39(37)43-24-13-25-44-46-33-34(31-32-48(46)55(54(43)44)47-26-9-5-19-40(38)47)35-23-14-30-52-53(35)45-22-8-12-29-51(45)56(52)49-27-10-6-20-41(49)42-21-7-11-28-50(42)56/h1-33H. The molecule has 0 saturated carbocycles. The minimum absolute atomic E-state index is 1.20. The van der Waals surface area contributed by atoms with Gasteiger partial charge in [-0.15, -0.1) is 0 Å². The Balaban J connectivity index is 1.16. The maximum Gasteiger partial charge on any atom is 0.182 e. The second kappa shape index (κ2) is 11.0. The molecule has 9 aromatic carbocycles. The van der Waals surface area contributed by atoms with Crippen molar-refractivity contribution in [3.8, 4) is 33.4 Å². The number of benzene rings is 9. The van der Waals surface area contributed by atoms with Crippen molar-refractivity contribution >= 4 is 88.5 Å². The van der Waals surface area contributed by atoms with E-state index < -0.39 is 8.07 Å². The van der Waals surface area contributed by atoms with Crippen LogP contribution in [0, 0.1) is 0 Å². The fraction of sp³-hybridized carbons (Fsp3) is 0. The Morgan fingerprint density at radius 3 is 1.39 bits per heavy atom. The fourth-order valence-electron chi connectivity index (χ4n) is 10.9. The third-order valence-electron chi connectivity index (χ3n) is 13.0. The largest absolute Gasteiger partial charge is 0.308 e. The van der Waals surface area contributed by atoms with E-state index >= 15 is 0 Å². The van der Waals surface area contributed by atoms with Crippen molar-refractivity contribution in [2.45, 2.75) is 0 Å². The van der Waals surface area contributed by atoms with Crippen molar-refractivity contribution in [2.75, 3.05) is 0 Å². The molecule has 0 saturated heterocycles. The van der Waals surface area contributed by atoms with Crippen LogP contribution in [0.5, 0.6) is 0 Å². The molecule has 0 unspecified atom stereocenters. The highest BCUT2D eigenvalue weighted by molar-refractivity contribution is 7.24. The summed E-state index contributed by atoms with van der Waals surface area (Å²) < 4.78 is 2.54. The van der Waals surface area contributed by atoms with Gasteiger partial charge in [-0.2, -0.15) is 0 Å². The molecule has 2 aliphatic rings. The van der Waals surface area contributed by atoms with E-state index in [1.165, 1.54) is 114 Å². The van der Waals surface area contributed by atoms with Crippen LogP contribution < -0.4 is 20.7 Å². The number of aromatic nitrogens is 1. The third-order valence-corrected chi connectivity index (χ3v) is 17.9. The first-order chi connectivity index (χ1) is 27.8. The molecule has 2 heteroatoms. The van der Waals surface area contributed by atoms with Crippen LogP contribution in [0.3, 0.4) is 0 Å². The first kappa shape index (κ1) is 30.3. The van der Waals surface area contributed by atoms with Gasteiger partial charge in [-0.05, 0) is 93.9 Å². The molecular formula is C54H33NSi. The van der Waals surface area contributed by atoms with Gasteiger partial charge in [0.2, 0.25) is 0 Å². The molecule has 0 N–H and O–H groups in total. The van der Waals surface area contributed by atoms with E-state index in [2.05, 4.69) is 205 Å². The predicted octanol–water partition coefficient (Wildman–Crippen LogP) is 11.3. The van der Waals surface area contributed by atoms with Crippen LogP contribution in [0.1, 0.15) is 0 Å². The third kappa shape index (κ3) is 3.70. The van der Waals surface area contributed by atoms with Crippen LogP contribution in [-0.4, -0.2) is 12.5 Å². The van der Waals surface area contributed by atoms with Gasteiger partial charge in [0.05, 0.1) is 16.6 Å². The normalized spacial score (nSPS) is 13.5. The number of hydrogen-bond acceptors (Lipinski definition) is 0. The molecule has 11 aromatic rings. The van der Waals surface area contributed by atoms with Crippen molar-refractivity contribution in [2.24, 2.45) is 0 Å². The zero-order valence-corrected chi connectivity index (χ0v) is 31.5. The van der Waals surface area contributed by atoms with Gasteiger partial charge < -0.3 is 4.40 Å². The molecule has 0 fully saturated rings. The smallest absolute Gasteiger partial charge is 0.182 e. The number of para-hydroxylation sites is 2. The summed E-state index contributed by atoms with van der Waals surface area (Å²) >= 11 is 0. The quantitative estimate of drug-likeness (QED) is 0.149. The SMILES string of the molecule is c1ccc2c(c1)-c1ccccc1[Si]21c2ccccc2-c2c(-c3ccc4c(c3)c3cccc5c6ccccc6c6ccccc6c6ccccc6n4c53)cccc21. The lowest BCUT2D eigenvalue weighted by Crippen LogP contribution is -2.70. The van der Waals surface area contributed by atoms with Crippen molar-refractivity contribution in [3.05, 3.63) is 200 Å². The predicted molar refractivity (Wildman–Crippen MR) is 241 cm³/mol. The topological polar surface area (TPSA) is 4.41 Å². The van der Waals surface area contributed by atoms with E-state index in [1.54, 1.807) is 0 Å². The summed E-state index contributed by atoms with van der Waals surface area (Å²) in [7, 11) is -2.54. The molecule has 56 heavy (non-hydrogen) atoms. The lowest BCUT2D eigenvalue weighted by molar-refractivity contribution is 1.35. The first-order valence-electron chi connectivity index (χ1n) is 19.6. The van der Waals surface area contributed by atoms with Gasteiger partial charge in [-0.3, -0.25) is 0 Å². The van der Waals surface area contributed by atoms with E-state index in [0.717, 1.165) is 0 Å². The van der Waals surface area contributed by atoms with Crippen LogP contribution in [0.25, 0.3) is 93.0 Å². The highest BCUT2D eigenvalue weighted by Gasteiger charge is 2.54. The van der Waals surface area contributed by atoms with Crippen molar-refractivity contribution in [1.82, 2.24) is 4.40 Å². The maximum atomic E-state index is 2.54. The van der Waals surface area contributed by atoms with Gasteiger partial charge in [-0.1, -0.05) is 182 Å². The van der Waals surface area contributed by atoms with Crippen molar-refractivity contribution in [1.29, 1.82) is 0 Å². The molecule has 2 aliphatic heterocycles. The second-order valence-corrected chi connectivity index (χ2v) is 19.1. The Morgan fingerprint density at radius 1 is 0.286 bits per heavy atom. The Hall–Kier alpha value is -7.00. The van der Waals surface area contributed by atoms with Crippen LogP contribution >= 0.6 is 0 Å². The minimum atomic E-state index is -2.54. The van der Waals surface area contributed by atoms with E-state index in [1.807, 2.05) is 0 Å². The Bertz CT molecular complexity index is 3510. The van der Waals surface area contributed by atoms with Crippen LogP contribution in [-0.2, 0) is 0 Å². The summed E-state index contributed by atoms with van der Waals surface area (Å²) in [6.45, 7) is 0. The van der Waals surface area contributed by atoms with Crippen molar-refractivity contribution in [3.63, 3.8) is 0 Å². The number of fused-ring (bicyclic) bond motifs is 20. The van der Waals surface area contributed by atoms with Crippen molar-refractivity contribution < 1.29 is 0 Å². The highest BCUT2D eigenvalue weighted by atomic mass is 28.3. The Labute approximate surface area is 325 Å². The van der Waals surface area contributed by atoms with Gasteiger partial charge in [0.25, 0.3) is 0 Å². The van der Waals surface area contributed by atoms with E-state index in [9.17, 15) is 0 Å². The summed E-state index contributed by atoms with van der Waals surface area (Å²) in [6.07, 6.45) is 0. The van der Waals surface area contributed by atoms with E-state index in [4.69, 9.17) is 0 Å². The van der Waals surface area contributed by atoms with Gasteiger partial charge in [0, 0.05) is 21.5 Å². The average molecular weight is 724 g/mol. The molecule has 0 amide bonds. The fourth-order valence-corrected chi connectivity index (χ4v) is 16.5. The molecule has 258 valence electrons. The molecule has 4 heterocycles. The monoisotopic (exact) mass is 723 g/mol. The number of nitrogens with zero attached hydrogens (tertiary/aromatic N) is 1. The highest BCUT2D eigenvalue weighted by Crippen LogP contribution is 2.43. The summed E-state index contributed by atoms with van der Waals surface area (Å²) in [5.74, 6) is 0. The molecular weight excluding hydrogens is 691 g/mol. The molecule has 0 aliphatic carbocycles. The zero-order valence-electron chi connectivity index (χ0n) is 30.5. The molecule has 0 bridgehead atoms. The first-order valence-corrected chi connectivity index (χ1v) is 21.6. The summed E-state index contributed by atoms with van der Waals surface area (Å²) in [5, 5.41) is 16.1. The summed E-state index contributed by atoms with van der Waals surface area (Å²) in [4.78, 5) is 0. The summed E-state index contributed by atoms with van der Waals surface area (Å²) in [5.41, 5.74) is 11.8. The molecule has 0 atom stereocenters. The van der Waals surface area contributed by atoms with Crippen LogP contribution in [0.2, 0.25) is 0 Å². The van der Waals surface area contributed by atoms with Gasteiger partial charge in [0.1, 0.15) is 0 Å². The minimum Gasteiger partial charge on any atom is -0.308 e. The van der Waals surface area contributed by atoms with Gasteiger partial charge >= 0.3 is 0 Å². The van der Waals surface area contributed by atoms with Gasteiger partial charge in [-0.25, -0.2) is 0 Å². The van der Waals surface area contributed by atoms with E-state index in [0.29, 0.717) is 0 Å². The zero-order chi connectivity index (χ0) is 36.5. The summed E-state index contributed by atoms with van der Waals surface area (Å²) in [6, 6.07) is 75.8. The Morgan fingerprint density at radius 2 is 0.714 bits per heavy atom. The lowest BCUT2D eigenvalue weighted by atomic mass is 9.93. The second-order valence-electron chi connectivity index (χ2n) is 15.5. The maximum absolute atomic E-state index is 2.54. The van der Waals surface area contributed by atoms with Crippen LogP contribution in [0.4, 0.5) is 0 Å². The number of rotatable bonds is 1. The molecule has 1 nitrogen and oxygen atoms in total. The molecule has 13 rings (SSSR count). The Kier molecular flexibility index (Phi) is 5.98. The molecule has 1 spiro atoms. The van der Waals surface area contributed by atoms with E-state index in [-0.39, 0.29) is 0 Å².